The Labute approximate surface area is 248 Å². The molecule has 0 amide bonds. The number of benzene rings is 2. The van der Waals surface area contributed by atoms with Crippen LogP contribution in [0, 0.1) is 0 Å². The largest absolute Gasteiger partial charge is 1.00 e. The van der Waals surface area contributed by atoms with Crippen molar-refractivity contribution < 1.29 is 50.4 Å². The number of aromatic nitrogens is 4. The van der Waals surface area contributed by atoms with Crippen molar-refractivity contribution in [3.05, 3.63) is 83.8 Å². The molecule has 0 spiro atoms. The summed E-state index contributed by atoms with van der Waals surface area (Å²) in [6, 6.07) is 18.5. The van der Waals surface area contributed by atoms with Crippen molar-refractivity contribution >= 4 is 40.4 Å². The van der Waals surface area contributed by atoms with Gasteiger partial charge in [0.15, 0.2) is 5.65 Å². The Balaban J connectivity index is 0.00000185. The molecule has 1 N–H and O–H groups in total. The molecule has 6 rings (SSSR count). The zero-order chi connectivity index (χ0) is 26.1. The van der Waals surface area contributed by atoms with Gasteiger partial charge in [-0.15, -0.1) is 0 Å². The van der Waals surface area contributed by atoms with E-state index in [0.717, 1.165) is 47.1 Å². The molecule has 0 saturated carbocycles. The van der Waals surface area contributed by atoms with Gasteiger partial charge >= 0.3 is 35.5 Å². The second-order valence-electron chi connectivity index (χ2n) is 8.88. The molecule has 2 aromatic carbocycles. The van der Waals surface area contributed by atoms with Crippen LogP contribution in [0.2, 0.25) is 0 Å². The Morgan fingerprint density at radius 3 is 2.67 bits per heavy atom. The van der Waals surface area contributed by atoms with E-state index in [1.807, 2.05) is 59.1 Å². The average molecular weight is 532 g/mol. The maximum atomic E-state index is 11.6. The molecule has 0 radical (unpaired) electrons. The van der Waals surface area contributed by atoms with Gasteiger partial charge in [0, 0.05) is 24.0 Å². The fourth-order valence-electron chi connectivity index (χ4n) is 4.77. The number of hydrogen-bond donors (Lipinski definition) is 1. The maximum Gasteiger partial charge on any atom is 1.00 e. The third-order valence-electron chi connectivity index (χ3n) is 6.62. The third-order valence-corrected chi connectivity index (χ3v) is 6.62. The van der Waals surface area contributed by atoms with Crippen molar-refractivity contribution in [1.29, 1.82) is 0 Å². The zero-order valence-corrected chi connectivity index (χ0v) is 23.7. The van der Waals surface area contributed by atoms with E-state index in [2.05, 4.69) is 15.0 Å². The predicted molar refractivity (Wildman–Crippen MR) is 147 cm³/mol. The third kappa shape index (κ3) is 5.26. The quantitative estimate of drug-likeness (QED) is 0.331. The van der Waals surface area contributed by atoms with E-state index in [0.29, 0.717) is 29.8 Å². The van der Waals surface area contributed by atoms with Crippen LogP contribution < -0.4 is 39.2 Å². The number of anilines is 1. The minimum absolute atomic E-state index is 0. The molecule has 1 fully saturated rings. The van der Waals surface area contributed by atoms with E-state index in [1.165, 1.54) is 0 Å². The number of ether oxygens (including phenoxy) is 2. The van der Waals surface area contributed by atoms with Crippen LogP contribution in [0.15, 0.2) is 66.9 Å². The van der Waals surface area contributed by atoms with E-state index in [-0.39, 0.29) is 36.5 Å². The van der Waals surface area contributed by atoms with Crippen molar-refractivity contribution in [3.63, 3.8) is 0 Å². The summed E-state index contributed by atoms with van der Waals surface area (Å²) in [5, 5.41) is 14.7. The molecule has 1 aliphatic heterocycles. The molecule has 1 aliphatic rings. The summed E-state index contributed by atoms with van der Waals surface area (Å²) >= 11 is 0. The number of methoxy groups -OCH3 is 1. The minimum atomic E-state index is -0.975. The van der Waals surface area contributed by atoms with Crippen molar-refractivity contribution in [2.75, 3.05) is 38.3 Å². The molecule has 0 atom stereocenters. The van der Waals surface area contributed by atoms with Crippen LogP contribution in [0.5, 0.6) is 5.75 Å². The normalized spacial score (nSPS) is 13.6. The molecule has 0 unspecified atom stereocenters. The van der Waals surface area contributed by atoms with E-state index in [1.54, 1.807) is 31.5 Å². The monoisotopic (exact) mass is 531 g/mol. The first-order valence-electron chi connectivity index (χ1n) is 12.3. The Bertz CT molecular complexity index is 1700. The summed E-state index contributed by atoms with van der Waals surface area (Å²) in [6.45, 7) is 2.90. The predicted octanol–water partition coefficient (Wildman–Crippen LogP) is 1.77. The summed E-state index contributed by atoms with van der Waals surface area (Å²) in [6.07, 6.45) is 5.59. The van der Waals surface area contributed by atoms with Crippen LogP contribution in [0.25, 0.3) is 40.0 Å². The molecule has 5 aromatic rings. The maximum absolute atomic E-state index is 11.6. The van der Waals surface area contributed by atoms with Crippen LogP contribution >= 0.6 is 0 Å². The van der Waals surface area contributed by atoms with Gasteiger partial charge in [-0.1, -0.05) is 18.2 Å². The number of imidazole rings is 1. The second-order valence-corrected chi connectivity index (χ2v) is 8.88. The number of hydrogen-bond acceptors (Lipinski definition) is 7. The minimum Gasteiger partial charge on any atom is -1.00 e. The topological polar surface area (TPSA) is 102 Å². The smallest absolute Gasteiger partial charge is 1.00 e. The number of fused-ring (bicyclic) bond motifs is 2. The van der Waals surface area contributed by atoms with Crippen LogP contribution in [0.1, 0.15) is 23.2 Å². The van der Waals surface area contributed by atoms with Gasteiger partial charge in [-0.3, -0.25) is 0 Å². The number of carbonyl (C=O) groups is 1. The summed E-state index contributed by atoms with van der Waals surface area (Å²) in [4.78, 5) is 23.5. The van der Waals surface area contributed by atoms with Crippen LogP contribution in [-0.2, 0) is 4.74 Å². The number of pyridine rings is 1. The molecule has 4 heterocycles. The molecule has 1 saturated heterocycles. The molecule has 192 valence electrons. The Kier molecular flexibility index (Phi) is 7.94. The molecule has 3 aromatic heterocycles. The van der Waals surface area contributed by atoms with Gasteiger partial charge in [-0.05, 0) is 54.6 Å². The van der Waals surface area contributed by atoms with Gasteiger partial charge in [0.25, 0.3) is 0 Å². The first-order chi connectivity index (χ1) is 18.6. The number of carboxylic acid groups (broad SMARTS) is 1. The fourth-order valence-corrected chi connectivity index (χ4v) is 4.77. The summed E-state index contributed by atoms with van der Waals surface area (Å²) in [5.74, 6) is -0.237. The Morgan fingerprint density at radius 2 is 1.87 bits per heavy atom. The second kappa shape index (κ2) is 11.5. The zero-order valence-electron chi connectivity index (χ0n) is 22.7. The Morgan fingerprint density at radius 1 is 1.05 bits per heavy atom. The van der Waals surface area contributed by atoms with Gasteiger partial charge in [-0.2, -0.15) is 5.10 Å². The molecule has 9 nitrogen and oxygen atoms in total. The van der Waals surface area contributed by atoms with Crippen LogP contribution in [-0.4, -0.2) is 64.1 Å². The summed E-state index contributed by atoms with van der Waals surface area (Å²) in [7, 11) is 1.64. The average Bonchev–Trinajstić information content (AvgIpc) is 3.34. The summed E-state index contributed by atoms with van der Waals surface area (Å²) in [5.41, 5.74) is 5.77. The van der Waals surface area contributed by atoms with Crippen molar-refractivity contribution in [3.8, 4) is 17.0 Å². The van der Waals surface area contributed by atoms with Gasteiger partial charge in [-0.25, -0.2) is 19.3 Å². The van der Waals surface area contributed by atoms with E-state index >= 15 is 0 Å². The molecule has 10 heteroatoms. The fraction of sp³-hybridized carbons (Fsp3) is 0.172. The van der Waals surface area contributed by atoms with Crippen molar-refractivity contribution in [1.82, 2.24) is 19.6 Å². The number of rotatable bonds is 6. The Hall–Kier alpha value is -3.76. The van der Waals surface area contributed by atoms with Crippen LogP contribution in [0.4, 0.5) is 5.69 Å². The van der Waals surface area contributed by atoms with Gasteiger partial charge in [0.2, 0.25) is 0 Å². The van der Waals surface area contributed by atoms with Gasteiger partial charge < -0.3 is 20.9 Å². The number of nitrogens with zero attached hydrogens (tertiary/aromatic N) is 5. The first-order valence-corrected chi connectivity index (χ1v) is 12.3. The van der Waals surface area contributed by atoms with E-state index in [9.17, 15) is 9.90 Å². The molecule has 0 bridgehead atoms. The van der Waals surface area contributed by atoms with Gasteiger partial charge in [0.1, 0.15) is 11.4 Å². The van der Waals surface area contributed by atoms with Crippen LogP contribution in [0.3, 0.4) is 0 Å². The number of aromatic carboxylic acids is 1. The molecule has 39 heavy (non-hydrogen) atoms. The number of morpholine rings is 1. The van der Waals surface area contributed by atoms with Crippen molar-refractivity contribution in [2.45, 2.75) is 0 Å². The first kappa shape index (κ1) is 26.8. The molecular formula is C29H26N5NaO4. The van der Waals surface area contributed by atoms with Crippen molar-refractivity contribution in [2.24, 2.45) is 0 Å². The summed E-state index contributed by atoms with van der Waals surface area (Å²) < 4.78 is 12.9. The molecule has 0 aliphatic carbocycles. The molecular weight excluding hydrogens is 505 g/mol. The van der Waals surface area contributed by atoms with E-state index in [4.69, 9.17) is 14.5 Å². The van der Waals surface area contributed by atoms with E-state index < -0.39 is 5.97 Å². The SMILES string of the molecule is COc1cccc(-c2c(/C=C/c3ccc4c(C(=O)O)cccc4n3)nc3c(N4CCOCC4)ccnn23)c1.[H-].[Na+]. The van der Waals surface area contributed by atoms with Gasteiger partial charge in [0.05, 0.1) is 54.7 Å². The number of carboxylic acids is 1. The standard InChI is InChI=1S/C29H25N5O4.Na.H/c1-37-21-5-2-4-19(18-21)27-25(32-28-26(12-13-30-34(27)28)33-14-16-38-17-15-33)11-9-20-8-10-22-23(29(35)36)6-3-7-24(22)31-20;;/h2-13,18H,14-17H2,1H3,(H,35,36);;/q;+1;-1/b11-9+;;.